The van der Waals surface area contributed by atoms with Gasteiger partial charge in [-0.15, -0.1) is 0 Å². The summed E-state index contributed by atoms with van der Waals surface area (Å²) in [6.07, 6.45) is 0. The van der Waals surface area contributed by atoms with Gasteiger partial charge < -0.3 is 10.1 Å². The van der Waals surface area contributed by atoms with Gasteiger partial charge in [-0.3, -0.25) is 4.79 Å². The number of hydrogen-bond donors (Lipinski definition) is 1. The Balaban J connectivity index is 2.51. The van der Waals surface area contributed by atoms with Crippen LogP contribution in [0.15, 0.2) is 4.34 Å². The summed E-state index contributed by atoms with van der Waals surface area (Å²) >= 11 is 2.87. The molecule has 7 heteroatoms. The van der Waals surface area contributed by atoms with E-state index in [4.69, 9.17) is 4.74 Å². The van der Waals surface area contributed by atoms with Crippen molar-refractivity contribution in [3.05, 3.63) is 5.82 Å². The molecule has 0 aliphatic heterocycles. The number of aromatic nitrogens is 2. The van der Waals surface area contributed by atoms with Crippen LogP contribution >= 0.6 is 23.3 Å². The van der Waals surface area contributed by atoms with Crippen LogP contribution in [0.25, 0.3) is 0 Å². The van der Waals surface area contributed by atoms with Gasteiger partial charge in [-0.2, -0.15) is 4.37 Å². The fourth-order valence-corrected chi connectivity index (χ4v) is 2.91. The normalized spacial score (nSPS) is 12.8. The van der Waals surface area contributed by atoms with Crippen LogP contribution in [0.5, 0.6) is 0 Å². The van der Waals surface area contributed by atoms with Crippen LogP contribution < -0.4 is 5.32 Å². The van der Waals surface area contributed by atoms with Crippen LogP contribution in [0.3, 0.4) is 0 Å². The molecule has 0 saturated heterocycles. The summed E-state index contributed by atoms with van der Waals surface area (Å²) in [6.45, 7) is 5.84. The molecule has 0 bridgehead atoms. The van der Waals surface area contributed by atoms with Gasteiger partial charge in [0.25, 0.3) is 0 Å². The third-order valence-electron chi connectivity index (χ3n) is 1.90. The number of ether oxygens (including phenoxy) is 1. The smallest absolute Gasteiger partial charge is 0.323 e. The number of esters is 1. The van der Waals surface area contributed by atoms with Crippen molar-refractivity contribution in [2.75, 3.05) is 12.9 Å². The highest BCUT2D eigenvalue weighted by molar-refractivity contribution is 8.01. The number of thioether (sulfide) groups is 1. The van der Waals surface area contributed by atoms with Crippen LogP contribution in [-0.2, 0) is 9.53 Å². The zero-order valence-electron chi connectivity index (χ0n) is 10.4. The summed E-state index contributed by atoms with van der Waals surface area (Å²) in [4.78, 5) is 15.8. The van der Waals surface area contributed by atoms with Crippen LogP contribution in [0.2, 0.25) is 0 Å². The molecule has 0 aliphatic rings. The second-order valence-electron chi connectivity index (χ2n) is 3.82. The number of hydrogen-bond acceptors (Lipinski definition) is 7. The van der Waals surface area contributed by atoms with Gasteiger partial charge >= 0.3 is 5.97 Å². The molecule has 1 heterocycles. The lowest BCUT2D eigenvalue weighted by Gasteiger charge is -2.17. The standard InChI is InChI=1S/C10H17N3O2S2/c1-6(2)11-8(9(14)15-4)5-16-10-12-7(3)13-17-10/h6,8,11H,5H2,1-4H3. The summed E-state index contributed by atoms with van der Waals surface area (Å²) < 4.78 is 9.73. The van der Waals surface area contributed by atoms with E-state index in [9.17, 15) is 4.79 Å². The van der Waals surface area contributed by atoms with Crippen LogP contribution in [0, 0.1) is 6.92 Å². The van der Waals surface area contributed by atoms with E-state index in [-0.39, 0.29) is 18.1 Å². The van der Waals surface area contributed by atoms with E-state index < -0.39 is 0 Å². The first-order valence-corrected chi connectivity index (χ1v) is 7.05. The first-order chi connectivity index (χ1) is 8.02. The number of carbonyl (C=O) groups is 1. The molecule has 0 fully saturated rings. The molecule has 5 nitrogen and oxygen atoms in total. The maximum atomic E-state index is 11.5. The van der Waals surface area contributed by atoms with Crippen molar-refractivity contribution in [1.29, 1.82) is 0 Å². The Hall–Kier alpha value is -0.660. The molecule has 0 aliphatic carbocycles. The van der Waals surface area contributed by atoms with Gasteiger partial charge in [0.1, 0.15) is 11.9 Å². The van der Waals surface area contributed by atoms with Gasteiger partial charge in [0, 0.05) is 11.8 Å². The highest BCUT2D eigenvalue weighted by atomic mass is 32.2. The highest BCUT2D eigenvalue weighted by Gasteiger charge is 2.20. The number of rotatable bonds is 6. The van der Waals surface area contributed by atoms with Crippen molar-refractivity contribution in [2.45, 2.75) is 37.2 Å². The molecule has 0 radical (unpaired) electrons. The Kier molecular flexibility index (Phi) is 5.87. The molecule has 96 valence electrons. The van der Waals surface area contributed by atoms with Crippen molar-refractivity contribution in [1.82, 2.24) is 14.7 Å². The Morgan fingerprint density at radius 2 is 2.29 bits per heavy atom. The molecule has 0 spiro atoms. The molecular weight excluding hydrogens is 258 g/mol. The van der Waals surface area contributed by atoms with Gasteiger partial charge in [-0.05, 0) is 18.5 Å². The van der Waals surface area contributed by atoms with E-state index in [1.807, 2.05) is 20.8 Å². The Morgan fingerprint density at radius 3 is 2.76 bits per heavy atom. The topological polar surface area (TPSA) is 64.1 Å². The monoisotopic (exact) mass is 275 g/mol. The van der Waals surface area contributed by atoms with Crippen LogP contribution in [0.4, 0.5) is 0 Å². The van der Waals surface area contributed by atoms with E-state index in [1.54, 1.807) is 0 Å². The van der Waals surface area contributed by atoms with Crippen molar-refractivity contribution >= 4 is 29.3 Å². The van der Waals surface area contributed by atoms with Gasteiger partial charge in [-0.1, -0.05) is 25.6 Å². The quantitative estimate of drug-likeness (QED) is 0.626. The molecular formula is C10H17N3O2S2. The number of carbonyl (C=O) groups excluding carboxylic acids is 1. The fraction of sp³-hybridized carbons (Fsp3) is 0.700. The first kappa shape index (κ1) is 14.4. The maximum Gasteiger partial charge on any atom is 0.323 e. The van der Waals surface area contributed by atoms with Gasteiger partial charge in [0.05, 0.1) is 7.11 Å². The largest absolute Gasteiger partial charge is 0.468 e. The van der Waals surface area contributed by atoms with Crippen molar-refractivity contribution in [3.63, 3.8) is 0 Å². The zero-order valence-corrected chi connectivity index (χ0v) is 12.0. The number of nitrogens with one attached hydrogen (secondary N) is 1. The Bertz CT molecular complexity index is 368. The lowest BCUT2D eigenvalue weighted by Crippen LogP contribution is -2.43. The van der Waals surface area contributed by atoms with Crippen LogP contribution in [-0.4, -0.2) is 40.3 Å². The predicted molar refractivity (Wildman–Crippen MR) is 69.4 cm³/mol. The Morgan fingerprint density at radius 1 is 1.59 bits per heavy atom. The SMILES string of the molecule is COC(=O)C(CSc1nc(C)ns1)NC(C)C. The lowest BCUT2D eigenvalue weighted by molar-refractivity contribution is -0.142. The number of methoxy groups -OCH3 is 1. The third-order valence-corrected chi connectivity index (χ3v) is 3.92. The van der Waals surface area contributed by atoms with Crippen molar-refractivity contribution < 1.29 is 9.53 Å². The minimum atomic E-state index is -0.311. The first-order valence-electron chi connectivity index (χ1n) is 5.30. The predicted octanol–water partition coefficient (Wildman–Crippen LogP) is 1.48. The highest BCUT2D eigenvalue weighted by Crippen LogP contribution is 2.20. The average molecular weight is 275 g/mol. The molecule has 0 amide bonds. The van der Waals surface area contributed by atoms with Gasteiger partial charge in [0.2, 0.25) is 0 Å². The summed E-state index contributed by atoms with van der Waals surface area (Å²) in [6, 6.07) is -0.0786. The summed E-state index contributed by atoms with van der Waals surface area (Å²) in [7, 11) is 1.40. The van der Waals surface area contributed by atoms with E-state index in [0.29, 0.717) is 5.75 Å². The van der Waals surface area contributed by atoms with Crippen molar-refractivity contribution in [2.24, 2.45) is 0 Å². The lowest BCUT2D eigenvalue weighted by atomic mass is 10.3. The maximum absolute atomic E-state index is 11.5. The van der Waals surface area contributed by atoms with E-state index in [0.717, 1.165) is 10.2 Å². The second-order valence-corrected chi connectivity index (χ2v) is 5.83. The van der Waals surface area contributed by atoms with Gasteiger partial charge in [-0.25, -0.2) is 4.98 Å². The summed E-state index contributed by atoms with van der Waals surface area (Å²) in [5, 5.41) is 3.17. The molecule has 1 unspecified atom stereocenters. The molecule has 0 saturated carbocycles. The van der Waals surface area contributed by atoms with Gasteiger partial charge in [0.15, 0.2) is 4.34 Å². The van der Waals surface area contributed by atoms with E-state index >= 15 is 0 Å². The zero-order chi connectivity index (χ0) is 12.8. The van der Waals surface area contributed by atoms with Crippen molar-refractivity contribution in [3.8, 4) is 0 Å². The molecule has 1 aromatic heterocycles. The molecule has 0 aromatic carbocycles. The van der Waals surface area contributed by atoms with Crippen LogP contribution in [0.1, 0.15) is 19.7 Å². The molecule has 1 N–H and O–H groups in total. The molecule has 1 rings (SSSR count). The minimum Gasteiger partial charge on any atom is -0.468 e. The average Bonchev–Trinajstić information content (AvgIpc) is 2.68. The van der Waals surface area contributed by atoms with E-state index in [2.05, 4.69) is 14.7 Å². The van der Waals surface area contributed by atoms with E-state index in [1.165, 1.54) is 30.4 Å². The Labute approximate surface area is 110 Å². The molecule has 1 atom stereocenters. The fourth-order valence-electron chi connectivity index (χ4n) is 1.22. The second kappa shape index (κ2) is 6.93. The number of aryl methyl sites for hydroxylation is 1. The minimum absolute atomic E-state index is 0.232. The third kappa shape index (κ3) is 5.01. The molecule has 17 heavy (non-hydrogen) atoms. The summed E-state index contributed by atoms with van der Waals surface area (Å²) in [5.74, 6) is 1.12. The summed E-state index contributed by atoms with van der Waals surface area (Å²) in [5.41, 5.74) is 0. The number of nitrogens with zero attached hydrogens (tertiary/aromatic N) is 2. The molecule has 1 aromatic rings.